The van der Waals surface area contributed by atoms with Crippen LogP contribution in [0.4, 0.5) is 0 Å². The average molecular weight is 306 g/mol. The van der Waals surface area contributed by atoms with Crippen LogP contribution in [0.15, 0.2) is 51.7 Å². The quantitative estimate of drug-likeness (QED) is 0.948. The molecule has 1 N–H and O–H groups in total. The highest BCUT2D eigenvalue weighted by Gasteiger charge is 2.30. The molecule has 1 aliphatic rings. The summed E-state index contributed by atoms with van der Waals surface area (Å²) in [4.78, 5) is 6.06. The Morgan fingerprint density at radius 2 is 2.05 bits per heavy atom. The molecule has 0 bridgehead atoms. The molecule has 1 unspecified atom stereocenters. The number of hydrogen-bond acceptors (Lipinski definition) is 4. The third-order valence-corrected chi connectivity index (χ3v) is 5.58. The first kappa shape index (κ1) is 13.3. The minimum absolute atomic E-state index is 0.0149. The van der Waals surface area contributed by atoms with Crippen molar-refractivity contribution in [3.8, 4) is 0 Å². The van der Waals surface area contributed by atoms with E-state index in [0.29, 0.717) is 16.3 Å². The molecule has 1 aliphatic heterocycles. The molecule has 20 heavy (non-hydrogen) atoms. The third-order valence-electron chi connectivity index (χ3n) is 3.21. The predicted molar refractivity (Wildman–Crippen MR) is 80.7 cm³/mol. The third kappa shape index (κ3) is 2.25. The van der Waals surface area contributed by atoms with Crippen LogP contribution in [0.2, 0.25) is 0 Å². The van der Waals surface area contributed by atoms with Crippen molar-refractivity contribution >= 4 is 27.2 Å². The number of aliphatic imine (C=N–C) groups is 1. The lowest BCUT2D eigenvalue weighted by Crippen LogP contribution is -2.22. The fourth-order valence-corrected chi connectivity index (χ4v) is 4.31. The van der Waals surface area contributed by atoms with Gasteiger partial charge >= 0.3 is 0 Å². The Hall–Kier alpha value is -1.66. The molecule has 0 saturated heterocycles. The largest absolute Gasteiger partial charge is 0.263 e. The van der Waals surface area contributed by atoms with Gasteiger partial charge in [-0.2, -0.15) is 0 Å². The van der Waals surface area contributed by atoms with E-state index in [0.717, 1.165) is 11.3 Å². The van der Waals surface area contributed by atoms with Crippen LogP contribution in [0.5, 0.6) is 0 Å². The molecule has 0 amide bonds. The second kappa shape index (κ2) is 5.03. The van der Waals surface area contributed by atoms with Gasteiger partial charge in [-0.3, -0.25) is 9.71 Å². The second-order valence-electron chi connectivity index (χ2n) is 4.52. The van der Waals surface area contributed by atoms with Crippen LogP contribution in [0.1, 0.15) is 29.8 Å². The zero-order valence-electron chi connectivity index (χ0n) is 10.9. The molecule has 0 saturated carbocycles. The van der Waals surface area contributed by atoms with E-state index < -0.39 is 10.0 Å². The van der Waals surface area contributed by atoms with Crippen molar-refractivity contribution in [1.82, 2.24) is 4.72 Å². The molecule has 4 nitrogen and oxygen atoms in total. The van der Waals surface area contributed by atoms with Crippen molar-refractivity contribution in [2.24, 2.45) is 4.99 Å². The topological polar surface area (TPSA) is 58.5 Å². The standard InChI is InChI=1S/C14H14N2O2S2/c1-2-11(12-7-5-9-19-12)15-14-10-6-3-4-8-13(10)20(17,18)16-14/h3-9,11H,2H2,1H3,(H,15,16). The van der Waals surface area contributed by atoms with E-state index in [1.807, 2.05) is 30.5 Å². The fraction of sp³-hybridized carbons (Fsp3) is 0.214. The highest BCUT2D eigenvalue weighted by atomic mass is 32.2. The van der Waals surface area contributed by atoms with Gasteiger partial charge in [0, 0.05) is 10.4 Å². The Balaban J connectivity index is 2.06. The molecule has 1 aromatic carbocycles. The Morgan fingerprint density at radius 3 is 2.75 bits per heavy atom. The molecule has 1 atom stereocenters. The Kier molecular flexibility index (Phi) is 3.35. The summed E-state index contributed by atoms with van der Waals surface area (Å²) in [6, 6.07) is 10.9. The number of benzene rings is 1. The van der Waals surface area contributed by atoms with Crippen molar-refractivity contribution in [2.75, 3.05) is 0 Å². The average Bonchev–Trinajstić information content (AvgIpc) is 3.04. The lowest BCUT2D eigenvalue weighted by atomic mass is 10.1. The summed E-state index contributed by atoms with van der Waals surface area (Å²) >= 11 is 1.64. The molecule has 1 aromatic heterocycles. The number of rotatable bonds is 3. The highest BCUT2D eigenvalue weighted by molar-refractivity contribution is 7.90. The minimum Gasteiger partial charge on any atom is -0.263 e. The summed E-state index contributed by atoms with van der Waals surface area (Å²) < 4.78 is 26.6. The summed E-state index contributed by atoms with van der Waals surface area (Å²) in [7, 11) is -3.45. The van der Waals surface area contributed by atoms with E-state index in [9.17, 15) is 8.42 Å². The number of nitrogens with one attached hydrogen (secondary N) is 1. The number of hydrogen-bond donors (Lipinski definition) is 1. The van der Waals surface area contributed by atoms with Gasteiger partial charge in [-0.05, 0) is 30.0 Å². The summed E-state index contributed by atoms with van der Waals surface area (Å²) in [5, 5.41) is 2.00. The molecule has 0 radical (unpaired) electrons. The summed E-state index contributed by atoms with van der Waals surface area (Å²) in [6.45, 7) is 2.05. The molecular formula is C14H14N2O2S2. The van der Waals surface area contributed by atoms with Gasteiger partial charge in [0.05, 0.1) is 10.9 Å². The molecule has 104 valence electrons. The number of fused-ring (bicyclic) bond motifs is 1. The van der Waals surface area contributed by atoms with E-state index in [2.05, 4.69) is 9.71 Å². The van der Waals surface area contributed by atoms with Crippen molar-refractivity contribution < 1.29 is 8.42 Å². The van der Waals surface area contributed by atoms with Gasteiger partial charge in [0.1, 0.15) is 5.84 Å². The maximum Gasteiger partial charge on any atom is 0.263 e. The van der Waals surface area contributed by atoms with Gasteiger partial charge in [0.15, 0.2) is 0 Å². The zero-order chi connectivity index (χ0) is 14.2. The van der Waals surface area contributed by atoms with Crippen molar-refractivity contribution in [3.05, 3.63) is 52.2 Å². The maximum absolute atomic E-state index is 12.0. The normalized spacial score (nSPS) is 19.6. The van der Waals surface area contributed by atoms with Crippen LogP contribution < -0.4 is 4.72 Å². The number of nitrogens with zero attached hydrogens (tertiary/aromatic N) is 1. The van der Waals surface area contributed by atoms with Gasteiger partial charge in [-0.15, -0.1) is 11.3 Å². The second-order valence-corrected chi connectivity index (χ2v) is 7.15. The van der Waals surface area contributed by atoms with Gasteiger partial charge in [0.25, 0.3) is 10.0 Å². The number of thiophene rings is 1. The zero-order valence-corrected chi connectivity index (χ0v) is 12.5. The maximum atomic E-state index is 12.0. The summed E-state index contributed by atoms with van der Waals surface area (Å²) in [5.41, 5.74) is 0.655. The van der Waals surface area contributed by atoms with E-state index in [1.165, 1.54) is 0 Å². The monoisotopic (exact) mass is 306 g/mol. The van der Waals surface area contributed by atoms with E-state index in [1.54, 1.807) is 29.5 Å². The lowest BCUT2D eigenvalue weighted by molar-refractivity contribution is 0.595. The first-order valence-corrected chi connectivity index (χ1v) is 8.71. The molecule has 0 spiro atoms. The van der Waals surface area contributed by atoms with Crippen molar-refractivity contribution in [2.45, 2.75) is 24.3 Å². The molecule has 0 fully saturated rings. The minimum atomic E-state index is -3.45. The van der Waals surface area contributed by atoms with Crippen LogP contribution >= 0.6 is 11.3 Å². The first-order chi connectivity index (χ1) is 9.62. The SMILES string of the molecule is CCC(N=C1NS(=O)(=O)c2ccccc21)c1cccs1. The van der Waals surface area contributed by atoms with Gasteiger partial charge < -0.3 is 0 Å². The smallest absolute Gasteiger partial charge is 0.263 e. The molecular weight excluding hydrogens is 292 g/mol. The van der Waals surface area contributed by atoms with Gasteiger partial charge in [-0.1, -0.05) is 25.1 Å². The Morgan fingerprint density at radius 1 is 1.25 bits per heavy atom. The molecule has 3 rings (SSSR count). The van der Waals surface area contributed by atoms with Gasteiger partial charge in [0.2, 0.25) is 0 Å². The summed E-state index contributed by atoms with van der Waals surface area (Å²) in [6.07, 6.45) is 0.827. The van der Waals surface area contributed by atoms with Crippen molar-refractivity contribution in [1.29, 1.82) is 0 Å². The molecule has 2 heterocycles. The van der Waals surface area contributed by atoms with E-state index in [4.69, 9.17) is 0 Å². The number of amidine groups is 1. The highest BCUT2D eigenvalue weighted by Crippen LogP contribution is 2.29. The molecule has 2 aromatic rings. The predicted octanol–water partition coefficient (Wildman–Crippen LogP) is 2.94. The van der Waals surface area contributed by atoms with Crippen LogP contribution in [-0.2, 0) is 10.0 Å². The number of sulfonamides is 1. The van der Waals surface area contributed by atoms with Crippen LogP contribution in [0, 0.1) is 0 Å². The molecule has 6 heteroatoms. The van der Waals surface area contributed by atoms with E-state index in [-0.39, 0.29) is 6.04 Å². The van der Waals surface area contributed by atoms with E-state index >= 15 is 0 Å². The van der Waals surface area contributed by atoms with Crippen LogP contribution in [0.3, 0.4) is 0 Å². The Bertz CT molecular complexity index is 749. The van der Waals surface area contributed by atoms with Crippen molar-refractivity contribution in [3.63, 3.8) is 0 Å². The fourth-order valence-electron chi connectivity index (χ4n) is 2.22. The lowest BCUT2D eigenvalue weighted by Gasteiger charge is -2.09. The summed E-state index contributed by atoms with van der Waals surface area (Å²) in [5.74, 6) is 0.445. The van der Waals surface area contributed by atoms with Crippen LogP contribution in [-0.4, -0.2) is 14.3 Å². The van der Waals surface area contributed by atoms with Gasteiger partial charge in [-0.25, -0.2) is 8.42 Å². The molecule has 0 aliphatic carbocycles. The van der Waals surface area contributed by atoms with Crippen LogP contribution in [0.25, 0.3) is 0 Å². The Labute approximate surface area is 122 Å². The first-order valence-electron chi connectivity index (χ1n) is 6.35.